The Morgan fingerprint density at radius 1 is 1.05 bits per heavy atom. The third kappa shape index (κ3) is 3.62. The second-order valence-electron chi connectivity index (χ2n) is 3.99. The lowest BCUT2D eigenvalue weighted by Gasteiger charge is -2.10. The molecule has 2 rings (SSSR count). The molecule has 3 nitrogen and oxygen atoms in total. The van der Waals surface area contributed by atoms with Gasteiger partial charge in [-0.05, 0) is 24.3 Å². The Labute approximate surface area is 125 Å². The van der Waals surface area contributed by atoms with E-state index in [4.69, 9.17) is 23.2 Å². The molecule has 0 aliphatic carbocycles. The number of urea groups is 1. The van der Waals surface area contributed by atoms with Gasteiger partial charge in [0, 0.05) is 17.1 Å². The highest BCUT2D eigenvalue weighted by atomic mass is 35.5. The van der Waals surface area contributed by atoms with E-state index in [1.54, 1.807) is 30.3 Å². The number of rotatable bonds is 3. The molecule has 6 heteroatoms. The topological polar surface area (TPSA) is 41.1 Å². The normalized spacial score (nSPS) is 10.2. The number of amides is 2. The summed E-state index contributed by atoms with van der Waals surface area (Å²) < 4.78 is 13.5. The average Bonchev–Trinajstić information content (AvgIpc) is 2.41. The van der Waals surface area contributed by atoms with Crippen LogP contribution in [0.4, 0.5) is 14.9 Å². The first-order valence-electron chi connectivity index (χ1n) is 5.80. The van der Waals surface area contributed by atoms with Gasteiger partial charge in [-0.15, -0.1) is 0 Å². The van der Waals surface area contributed by atoms with Crippen LogP contribution in [0.5, 0.6) is 0 Å². The minimum absolute atomic E-state index is 0.0121. The van der Waals surface area contributed by atoms with E-state index in [9.17, 15) is 9.18 Å². The van der Waals surface area contributed by atoms with Crippen LogP contribution in [0.2, 0.25) is 10.0 Å². The lowest BCUT2D eigenvalue weighted by Crippen LogP contribution is -2.28. The van der Waals surface area contributed by atoms with E-state index in [1.807, 2.05) is 0 Å². The molecule has 0 radical (unpaired) electrons. The van der Waals surface area contributed by atoms with Crippen molar-refractivity contribution in [3.8, 4) is 0 Å². The Balaban J connectivity index is 1.98. The van der Waals surface area contributed by atoms with E-state index in [0.29, 0.717) is 10.7 Å². The fourth-order valence-corrected chi connectivity index (χ4v) is 2.01. The Bertz CT molecular complexity index is 614. The van der Waals surface area contributed by atoms with Crippen LogP contribution in [0.15, 0.2) is 42.5 Å². The molecule has 104 valence electrons. The molecule has 0 aliphatic rings. The summed E-state index contributed by atoms with van der Waals surface area (Å²) >= 11 is 11.8. The highest BCUT2D eigenvalue weighted by Crippen LogP contribution is 2.21. The molecule has 0 aromatic heterocycles. The highest BCUT2D eigenvalue weighted by molar-refractivity contribution is 6.33. The summed E-state index contributed by atoms with van der Waals surface area (Å²) in [6.45, 7) is -0.0121. The van der Waals surface area contributed by atoms with Gasteiger partial charge in [-0.2, -0.15) is 0 Å². The number of benzene rings is 2. The van der Waals surface area contributed by atoms with Gasteiger partial charge in [0.2, 0.25) is 0 Å². The molecular weight excluding hydrogens is 302 g/mol. The van der Waals surface area contributed by atoms with Gasteiger partial charge in [0.15, 0.2) is 0 Å². The SMILES string of the molecule is O=C(NCc1c(F)cccc1Cl)Nc1ccccc1Cl. The molecule has 0 fully saturated rings. The van der Waals surface area contributed by atoms with Crippen molar-refractivity contribution >= 4 is 34.9 Å². The summed E-state index contributed by atoms with van der Waals surface area (Å²) in [5.41, 5.74) is 0.717. The number of hydrogen-bond donors (Lipinski definition) is 2. The monoisotopic (exact) mass is 312 g/mol. The zero-order valence-corrected chi connectivity index (χ0v) is 11.8. The average molecular weight is 313 g/mol. The second kappa shape index (κ2) is 6.59. The molecule has 0 saturated carbocycles. The van der Waals surface area contributed by atoms with Crippen LogP contribution in [0, 0.1) is 5.82 Å². The van der Waals surface area contributed by atoms with Gasteiger partial charge in [-0.1, -0.05) is 41.4 Å². The van der Waals surface area contributed by atoms with E-state index in [0.717, 1.165) is 0 Å². The number of anilines is 1. The first-order chi connectivity index (χ1) is 9.58. The molecular formula is C14H11Cl2FN2O. The summed E-state index contributed by atoms with van der Waals surface area (Å²) in [5, 5.41) is 5.78. The van der Waals surface area contributed by atoms with Crippen LogP contribution in [0.3, 0.4) is 0 Å². The van der Waals surface area contributed by atoms with Crippen LogP contribution in [-0.2, 0) is 6.54 Å². The minimum atomic E-state index is -0.489. The highest BCUT2D eigenvalue weighted by Gasteiger charge is 2.09. The van der Waals surface area contributed by atoms with Crippen molar-refractivity contribution in [3.05, 3.63) is 63.9 Å². The first-order valence-corrected chi connectivity index (χ1v) is 6.56. The van der Waals surface area contributed by atoms with E-state index >= 15 is 0 Å². The van der Waals surface area contributed by atoms with E-state index in [1.165, 1.54) is 12.1 Å². The van der Waals surface area contributed by atoms with Gasteiger partial charge in [0.1, 0.15) is 5.82 Å². The molecule has 0 atom stereocenters. The Morgan fingerprint density at radius 3 is 2.45 bits per heavy atom. The molecule has 0 saturated heterocycles. The van der Waals surface area contributed by atoms with E-state index < -0.39 is 11.8 Å². The van der Waals surface area contributed by atoms with Gasteiger partial charge in [0.25, 0.3) is 0 Å². The molecule has 0 heterocycles. The van der Waals surface area contributed by atoms with Crippen molar-refractivity contribution in [2.45, 2.75) is 6.54 Å². The van der Waals surface area contributed by atoms with Crippen molar-refractivity contribution in [2.75, 3.05) is 5.32 Å². The number of carbonyl (C=O) groups is 1. The van der Waals surface area contributed by atoms with Crippen molar-refractivity contribution in [1.82, 2.24) is 5.32 Å². The van der Waals surface area contributed by atoms with Crippen LogP contribution in [0.25, 0.3) is 0 Å². The van der Waals surface area contributed by atoms with Crippen LogP contribution in [-0.4, -0.2) is 6.03 Å². The zero-order valence-electron chi connectivity index (χ0n) is 10.3. The maximum absolute atomic E-state index is 13.5. The van der Waals surface area contributed by atoms with Crippen LogP contribution in [0.1, 0.15) is 5.56 Å². The molecule has 0 aliphatic heterocycles. The molecule has 2 N–H and O–H groups in total. The van der Waals surface area contributed by atoms with Gasteiger partial charge in [0.05, 0.1) is 10.7 Å². The summed E-state index contributed by atoms with van der Waals surface area (Å²) in [4.78, 5) is 11.7. The Morgan fingerprint density at radius 2 is 1.75 bits per heavy atom. The fourth-order valence-electron chi connectivity index (χ4n) is 1.60. The number of halogens is 3. The Kier molecular flexibility index (Phi) is 4.82. The molecule has 0 spiro atoms. The predicted molar refractivity (Wildman–Crippen MR) is 78.7 cm³/mol. The number of nitrogens with one attached hydrogen (secondary N) is 2. The summed E-state index contributed by atoms with van der Waals surface area (Å²) in [5.74, 6) is -0.462. The van der Waals surface area contributed by atoms with Crippen molar-refractivity contribution < 1.29 is 9.18 Å². The lowest BCUT2D eigenvalue weighted by molar-refractivity contribution is 0.251. The molecule has 2 amide bonds. The standard InChI is InChI=1S/C14H11Cl2FN2O/c15-10-5-3-6-12(17)9(10)8-18-14(20)19-13-7-2-1-4-11(13)16/h1-7H,8H2,(H2,18,19,20). The molecule has 0 bridgehead atoms. The quantitative estimate of drug-likeness (QED) is 0.863. The van der Waals surface area contributed by atoms with Gasteiger partial charge >= 0.3 is 6.03 Å². The third-order valence-electron chi connectivity index (χ3n) is 2.61. The minimum Gasteiger partial charge on any atom is -0.334 e. The number of carbonyl (C=O) groups excluding carboxylic acids is 1. The van der Waals surface area contributed by atoms with Crippen molar-refractivity contribution in [1.29, 1.82) is 0 Å². The predicted octanol–water partition coefficient (Wildman–Crippen LogP) is 4.45. The lowest BCUT2D eigenvalue weighted by atomic mass is 10.2. The van der Waals surface area contributed by atoms with E-state index in [-0.39, 0.29) is 17.1 Å². The van der Waals surface area contributed by atoms with E-state index in [2.05, 4.69) is 10.6 Å². The Hall–Kier alpha value is -1.78. The van der Waals surface area contributed by atoms with Gasteiger partial charge < -0.3 is 10.6 Å². The third-order valence-corrected chi connectivity index (χ3v) is 3.29. The maximum atomic E-state index is 13.5. The number of hydrogen-bond acceptors (Lipinski definition) is 1. The molecule has 2 aromatic carbocycles. The maximum Gasteiger partial charge on any atom is 0.319 e. The summed E-state index contributed by atoms with van der Waals surface area (Å²) in [7, 11) is 0. The van der Waals surface area contributed by atoms with Crippen LogP contribution >= 0.6 is 23.2 Å². The molecule has 2 aromatic rings. The molecule has 0 unspecified atom stereocenters. The van der Waals surface area contributed by atoms with Crippen LogP contribution < -0.4 is 10.6 Å². The second-order valence-corrected chi connectivity index (χ2v) is 4.80. The van der Waals surface area contributed by atoms with Gasteiger partial charge in [-0.3, -0.25) is 0 Å². The van der Waals surface area contributed by atoms with Crippen molar-refractivity contribution in [2.24, 2.45) is 0 Å². The summed E-state index contributed by atoms with van der Waals surface area (Å²) in [6, 6.07) is 10.7. The largest absolute Gasteiger partial charge is 0.334 e. The zero-order chi connectivity index (χ0) is 14.5. The van der Waals surface area contributed by atoms with Gasteiger partial charge in [-0.25, -0.2) is 9.18 Å². The number of para-hydroxylation sites is 1. The molecule has 20 heavy (non-hydrogen) atoms. The van der Waals surface area contributed by atoms with Crippen molar-refractivity contribution in [3.63, 3.8) is 0 Å². The first kappa shape index (κ1) is 14.6. The summed E-state index contributed by atoms with van der Waals surface area (Å²) in [6.07, 6.45) is 0. The smallest absolute Gasteiger partial charge is 0.319 e. The fraction of sp³-hybridized carbons (Fsp3) is 0.0714.